The minimum atomic E-state index is -0.599. The Hall–Kier alpha value is -1.39. The van der Waals surface area contributed by atoms with E-state index < -0.39 is 17.5 Å². The zero-order chi connectivity index (χ0) is 13.5. The van der Waals surface area contributed by atoms with Gasteiger partial charge in [0, 0.05) is 6.42 Å². The molecule has 0 aromatic heterocycles. The van der Waals surface area contributed by atoms with Crippen LogP contribution in [0.25, 0.3) is 0 Å². The van der Waals surface area contributed by atoms with Crippen molar-refractivity contribution in [3.8, 4) is 0 Å². The van der Waals surface area contributed by atoms with Gasteiger partial charge >= 0.3 is 11.9 Å². The highest BCUT2D eigenvalue weighted by Crippen LogP contribution is 2.09. The average Bonchev–Trinajstić information content (AvgIpc) is 2.12. The number of carbonyl (C=O) groups excluding carboxylic acids is 3. The Kier molecular flexibility index (Phi) is 6.46. The summed E-state index contributed by atoms with van der Waals surface area (Å²) < 4.78 is 9.66. The first-order chi connectivity index (χ1) is 7.74. The van der Waals surface area contributed by atoms with E-state index in [1.807, 2.05) is 0 Å². The second-order valence-electron chi connectivity index (χ2n) is 4.61. The van der Waals surface area contributed by atoms with Gasteiger partial charge in [0.05, 0.1) is 13.0 Å². The van der Waals surface area contributed by atoms with Crippen molar-refractivity contribution >= 4 is 17.7 Å². The monoisotopic (exact) mass is 244 g/mol. The predicted molar refractivity (Wildman–Crippen MR) is 61.3 cm³/mol. The van der Waals surface area contributed by atoms with Crippen LogP contribution >= 0.6 is 0 Å². The summed E-state index contributed by atoms with van der Waals surface area (Å²) in [5, 5.41) is 0. The molecule has 5 heteroatoms. The first-order valence-corrected chi connectivity index (χ1v) is 5.63. The molecule has 0 atom stereocenters. The fourth-order valence-electron chi connectivity index (χ4n) is 1.10. The van der Waals surface area contributed by atoms with Crippen molar-refractivity contribution in [3.63, 3.8) is 0 Å². The summed E-state index contributed by atoms with van der Waals surface area (Å²) >= 11 is 0. The number of hydrogen-bond acceptors (Lipinski definition) is 5. The number of hydrogen-bond donors (Lipinski definition) is 0. The van der Waals surface area contributed by atoms with Crippen LogP contribution in [-0.4, -0.2) is 29.9 Å². The van der Waals surface area contributed by atoms with E-state index in [1.165, 1.54) is 0 Å². The molecule has 0 saturated heterocycles. The van der Waals surface area contributed by atoms with Crippen molar-refractivity contribution in [1.82, 2.24) is 0 Å². The highest BCUT2D eigenvalue weighted by atomic mass is 16.6. The van der Waals surface area contributed by atoms with Gasteiger partial charge in [0.25, 0.3) is 0 Å². The molecule has 0 aliphatic heterocycles. The third-order valence-corrected chi connectivity index (χ3v) is 1.67. The molecule has 0 unspecified atom stereocenters. The highest BCUT2D eigenvalue weighted by Gasteiger charge is 2.19. The fraction of sp³-hybridized carbons (Fsp3) is 0.750. The molecule has 0 radical (unpaired) electrons. The van der Waals surface area contributed by atoms with Crippen molar-refractivity contribution in [2.75, 3.05) is 6.61 Å². The van der Waals surface area contributed by atoms with E-state index in [-0.39, 0.29) is 25.0 Å². The second-order valence-corrected chi connectivity index (χ2v) is 4.61. The van der Waals surface area contributed by atoms with E-state index in [9.17, 15) is 14.4 Å². The number of ketones is 1. The molecule has 0 aliphatic carbocycles. The maximum absolute atomic E-state index is 11.3. The Morgan fingerprint density at radius 3 is 2.06 bits per heavy atom. The van der Waals surface area contributed by atoms with Crippen LogP contribution < -0.4 is 0 Å². The third kappa shape index (κ3) is 9.53. The zero-order valence-electron chi connectivity index (χ0n) is 10.9. The minimum absolute atomic E-state index is 0.00940. The lowest BCUT2D eigenvalue weighted by molar-refractivity contribution is -0.156. The van der Waals surface area contributed by atoms with Gasteiger partial charge in [-0.2, -0.15) is 0 Å². The van der Waals surface area contributed by atoms with Crippen molar-refractivity contribution in [1.29, 1.82) is 0 Å². The van der Waals surface area contributed by atoms with Crippen LogP contribution in [-0.2, 0) is 23.9 Å². The molecule has 5 nitrogen and oxygen atoms in total. The normalized spacial score (nSPS) is 10.8. The summed E-state index contributed by atoms with van der Waals surface area (Å²) in [6.07, 6.45) is -0.274. The smallest absolute Gasteiger partial charge is 0.313 e. The molecule has 0 heterocycles. The molecule has 0 amide bonds. The number of carbonyl (C=O) groups is 3. The van der Waals surface area contributed by atoms with E-state index in [4.69, 9.17) is 4.74 Å². The minimum Gasteiger partial charge on any atom is -0.466 e. The lowest BCUT2D eigenvalue weighted by Gasteiger charge is -2.19. The lowest BCUT2D eigenvalue weighted by Crippen LogP contribution is -2.25. The summed E-state index contributed by atoms with van der Waals surface area (Å²) in [5.41, 5.74) is -0.599. The average molecular weight is 244 g/mol. The van der Waals surface area contributed by atoms with Crippen LogP contribution in [0.15, 0.2) is 0 Å². The Morgan fingerprint density at radius 1 is 1.00 bits per heavy atom. The second kappa shape index (κ2) is 7.04. The van der Waals surface area contributed by atoms with Gasteiger partial charge in [-0.15, -0.1) is 0 Å². The standard InChI is InChI=1S/C12H20O5/c1-5-16-10(14)7-6-9(13)8-11(15)17-12(2,3)4/h5-8H2,1-4H3. The van der Waals surface area contributed by atoms with E-state index in [2.05, 4.69) is 4.74 Å². The molecule has 0 N–H and O–H groups in total. The summed E-state index contributed by atoms with van der Waals surface area (Å²) in [4.78, 5) is 33.6. The molecule has 98 valence electrons. The van der Waals surface area contributed by atoms with Gasteiger partial charge in [-0.1, -0.05) is 0 Å². The van der Waals surface area contributed by atoms with E-state index in [1.54, 1.807) is 27.7 Å². The van der Waals surface area contributed by atoms with Crippen molar-refractivity contribution in [2.24, 2.45) is 0 Å². The summed E-state index contributed by atoms with van der Waals surface area (Å²) in [6, 6.07) is 0. The summed E-state index contributed by atoms with van der Waals surface area (Å²) in [5.74, 6) is -1.30. The Morgan fingerprint density at radius 2 is 1.59 bits per heavy atom. The number of ether oxygens (including phenoxy) is 2. The van der Waals surface area contributed by atoms with E-state index in [0.717, 1.165) is 0 Å². The van der Waals surface area contributed by atoms with Crippen LogP contribution in [0.5, 0.6) is 0 Å². The van der Waals surface area contributed by atoms with Crippen LogP contribution in [0, 0.1) is 0 Å². The quantitative estimate of drug-likeness (QED) is 0.524. The maximum atomic E-state index is 11.3. The molecule has 0 aromatic carbocycles. The maximum Gasteiger partial charge on any atom is 0.313 e. The molecule has 0 bridgehead atoms. The summed E-state index contributed by atoms with van der Waals surface area (Å²) in [7, 11) is 0. The van der Waals surface area contributed by atoms with Crippen molar-refractivity contribution in [2.45, 2.75) is 52.6 Å². The Bertz CT molecular complexity index is 288. The number of Topliss-reactive ketones (excluding diaryl/α,β-unsaturated/α-hetero) is 1. The molecule has 0 saturated carbocycles. The first-order valence-electron chi connectivity index (χ1n) is 5.63. The third-order valence-electron chi connectivity index (χ3n) is 1.67. The SMILES string of the molecule is CCOC(=O)CCC(=O)CC(=O)OC(C)(C)C. The van der Waals surface area contributed by atoms with Crippen LogP contribution in [0.2, 0.25) is 0 Å². The molecule has 0 spiro atoms. The molecule has 0 rings (SSSR count). The highest BCUT2D eigenvalue weighted by molar-refractivity contribution is 5.96. The molecule has 0 aliphatic rings. The van der Waals surface area contributed by atoms with E-state index in [0.29, 0.717) is 6.61 Å². The fourth-order valence-corrected chi connectivity index (χ4v) is 1.10. The van der Waals surface area contributed by atoms with Crippen LogP contribution in [0.1, 0.15) is 47.0 Å². The summed E-state index contributed by atoms with van der Waals surface area (Å²) in [6.45, 7) is 7.18. The molecule has 0 fully saturated rings. The van der Waals surface area contributed by atoms with E-state index >= 15 is 0 Å². The van der Waals surface area contributed by atoms with Crippen LogP contribution in [0.3, 0.4) is 0 Å². The van der Waals surface area contributed by atoms with Gasteiger partial charge in [-0.25, -0.2) is 0 Å². The lowest BCUT2D eigenvalue weighted by atomic mass is 10.1. The van der Waals surface area contributed by atoms with Gasteiger partial charge in [-0.3, -0.25) is 14.4 Å². The first kappa shape index (κ1) is 15.6. The molecule has 0 aromatic rings. The number of esters is 2. The number of rotatable bonds is 6. The Labute approximate surface area is 101 Å². The molecule has 17 heavy (non-hydrogen) atoms. The van der Waals surface area contributed by atoms with Gasteiger partial charge in [-0.05, 0) is 27.7 Å². The zero-order valence-corrected chi connectivity index (χ0v) is 10.9. The van der Waals surface area contributed by atoms with Gasteiger partial charge < -0.3 is 9.47 Å². The Balaban J connectivity index is 3.87. The largest absolute Gasteiger partial charge is 0.466 e. The molecular formula is C12H20O5. The predicted octanol–water partition coefficient (Wildman–Crippen LogP) is 1.63. The van der Waals surface area contributed by atoms with Gasteiger partial charge in [0.1, 0.15) is 17.8 Å². The van der Waals surface area contributed by atoms with Crippen molar-refractivity contribution in [3.05, 3.63) is 0 Å². The topological polar surface area (TPSA) is 69.7 Å². The van der Waals surface area contributed by atoms with Crippen molar-refractivity contribution < 1.29 is 23.9 Å². The van der Waals surface area contributed by atoms with Gasteiger partial charge in [0.2, 0.25) is 0 Å². The van der Waals surface area contributed by atoms with Crippen LogP contribution in [0.4, 0.5) is 0 Å². The molecular weight excluding hydrogens is 224 g/mol. The van der Waals surface area contributed by atoms with Gasteiger partial charge in [0.15, 0.2) is 0 Å².